The lowest BCUT2D eigenvalue weighted by Gasteiger charge is -2.54. The van der Waals surface area contributed by atoms with Crippen molar-refractivity contribution >= 4 is 16.9 Å². The van der Waals surface area contributed by atoms with Gasteiger partial charge in [0, 0.05) is 29.7 Å². The SMILES string of the molecule is O=C(NCCc1c[nH]c2ccccc12)NC1C2CC3CC(C2)CC1C3. The molecule has 0 saturated heterocycles. The summed E-state index contributed by atoms with van der Waals surface area (Å²) in [5, 5.41) is 7.66. The topological polar surface area (TPSA) is 56.9 Å². The van der Waals surface area contributed by atoms with Crippen LogP contribution >= 0.6 is 0 Å². The molecule has 1 aromatic heterocycles. The first-order valence-corrected chi connectivity index (χ1v) is 9.85. The molecule has 0 spiro atoms. The summed E-state index contributed by atoms with van der Waals surface area (Å²) < 4.78 is 0. The highest BCUT2D eigenvalue weighted by atomic mass is 16.2. The standard InChI is InChI=1S/C21H27N3O/c25-21(22-6-5-15-12-23-19-4-2-1-3-18(15)19)24-20-16-8-13-7-14(10-16)11-17(20)9-13/h1-4,12-14,16-17,20,23H,5-11H2,(H2,22,24,25). The molecular weight excluding hydrogens is 310 g/mol. The Morgan fingerprint density at radius 2 is 1.76 bits per heavy atom. The molecule has 1 aromatic carbocycles. The summed E-state index contributed by atoms with van der Waals surface area (Å²) in [6.45, 7) is 0.682. The Hall–Kier alpha value is -1.97. The minimum atomic E-state index is 0.0253. The van der Waals surface area contributed by atoms with Crippen LogP contribution < -0.4 is 10.6 Å². The maximum Gasteiger partial charge on any atom is 0.315 e. The number of aromatic nitrogens is 1. The first-order chi connectivity index (χ1) is 12.3. The minimum absolute atomic E-state index is 0.0253. The quantitative estimate of drug-likeness (QED) is 0.780. The molecule has 4 nitrogen and oxygen atoms in total. The molecule has 1 heterocycles. The first kappa shape index (κ1) is 15.3. The van der Waals surface area contributed by atoms with Crippen LogP contribution in [0.1, 0.15) is 37.7 Å². The third-order valence-electron chi connectivity index (χ3n) is 6.88. The maximum atomic E-state index is 12.4. The van der Waals surface area contributed by atoms with Gasteiger partial charge in [-0.1, -0.05) is 18.2 Å². The van der Waals surface area contributed by atoms with Gasteiger partial charge in [0.05, 0.1) is 0 Å². The number of carbonyl (C=O) groups excluding carboxylic acids is 1. The van der Waals surface area contributed by atoms with E-state index in [0.29, 0.717) is 12.6 Å². The zero-order valence-electron chi connectivity index (χ0n) is 14.6. The van der Waals surface area contributed by atoms with Gasteiger partial charge in [-0.05, 0) is 73.8 Å². The van der Waals surface area contributed by atoms with Gasteiger partial charge in [-0.15, -0.1) is 0 Å². The lowest BCUT2D eigenvalue weighted by molar-refractivity contribution is -0.00940. The van der Waals surface area contributed by atoms with Gasteiger partial charge in [0.15, 0.2) is 0 Å². The second-order valence-electron chi connectivity index (χ2n) is 8.47. The predicted molar refractivity (Wildman–Crippen MR) is 99.4 cm³/mol. The number of hydrogen-bond donors (Lipinski definition) is 3. The van der Waals surface area contributed by atoms with E-state index in [1.54, 1.807) is 0 Å². The zero-order chi connectivity index (χ0) is 16.8. The monoisotopic (exact) mass is 337 g/mol. The number of aromatic amines is 1. The lowest BCUT2D eigenvalue weighted by Crippen LogP contribution is -2.57. The van der Waals surface area contributed by atoms with Gasteiger partial charge in [-0.3, -0.25) is 0 Å². The van der Waals surface area contributed by atoms with Crippen LogP contribution in [0.15, 0.2) is 30.5 Å². The molecule has 0 unspecified atom stereocenters. The Morgan fingerprint density at radius 1 is 1.04 bits per heavy atom. The fourth-order valence-electron chi connectivity index (χ4n) is 6.01. The summed E-state index contributed by atoms with van der Waals surface area (Å²) in [5.41, 5.74) is 2.43. The third-order valence-corrected chi connectivity index (χ3v) is 6.88. The summed E-state index contributed by atoms with van der Waals surface area (Å²) in [5.74, 6) is 3.36. The van der Waals surface area contributed by atoms with Crippen molar-refractivity contribution in [2.45, 2.75) is 44.6 Å². The Bertz CT molecular complexity index is 752. The van der Waals surface area contributed by atoms with Crippen molar-refractivity contribution in [2.75, 3.05) is 6.54 Å². The molecule has 2 amide bonds. The van der Waals surface area contributed by atoms with Crippen LogP contribution in [0.25, 0.3) is 10.9 Å². The number of nitrogens with one attached hydrogen (secondary N) is 3. The van der Waals surface area contributed by atoms with Crippen molar-refractivity contribution in [2.24, 2.45) is 23.7 Å². The summed E-state index contributed by atoms with van der Waals surface area (Å²) in [6, 6.07) is 8.77. The van der Waals surface area contributed by atoms with Crippen LogP contribution in [0.2, 0.25) is 0 Å². The van der Waals surface area contributed by atoms with Crippen LogP contribution in [0.5, 0.6) is 0 Å². The summed E-state index contributed by atoms with van der Waals surface area (Å²) in [4.78, 5) is 15.7. The highest BCUT2D eigenvalue weighted by molar-refractivity contribution is 5.83. The summed E-state index contributed by atoms with van der Waals surface area (Å²) in [6.07, 6.45) is 9.73. The van der Waals surface area contributed by atoms with E-state index < -0.39 is 0 Å². The van der Waals surface area contributed by atoms with Crippen LogP contribution in [0.4, 0.5) is 4.79 Å². The largest absolute Gasteiger partial charge is 0.361 e. The molecule has 6 rings (SSSR count). The number of rotatable bonds is 4. The number of amides is 2. The minimum Gasteiger partial charge on any atom is -0.361 e. The van der Waals surface area contributed by atoms with Gasteiger partial charge in [-0.25, -0.2) is 4.79 Å². The average Bonchev–Trinajstić information content (AvgIpc) is 3.01. The first-order valence-electron chi connectivity index (χ1n) is 9.85. The predicted octanol–water partition coefficient (Wildman–Crippen LogP) is 3.83. The van der Waals surface area contributed by atoms with Gasteiger partial charge in [-0.2, -0.15) is 0 Å². The van der Waals surface area contributed by atoms with Gasteiger partial charge in [0.25, 0.3) is 0 Å². The number of H-pyrrole nitrogens is 1. The van der Waals surface area contributed by atoms with E-state index >= 15 is 0 Å². The van der Waals surface area contributed by atoms with E-state index in [0.717, 1.165) is 35.6 Å². The summed E-state index contributed by atoms with van der Waals surface area (Å²) >= 11 is 0. The summed E-state index contributed by atoms with van der Waals surface area (Å²) in [7, 11) is 0. The number of urea groups is 1. The Labute approximate surface area is 148 Å². The molecule has 4 fully saturated rings. The highest BCUT2D eigenvalue weighted by Gasteiger charge is 2.48. The van der Waals surface area contributed by atoms with Crippen LogP contribution in [-0.4, -0.2) is 23.6 Å². The highest BCUT2D eigenvalue weighted by Crippen LogP contribution is 2.53. The molecule has 3 N–H and O–H groups in total. The van der Waals surface area contributed by atoms with Crippen molar-refractivity contribution in [1.82, 2.24) is 15.6 Å². The van der Waals surface area contributed by atoms with E-state index in [1.807, 2.05) is 6.07 Å². The van der Waals surface area contributed by atoms with Crippen molar-refractivity contribution in [3.05, 3.63) is 36.0 Å². The van der Waals surface area contributed by atoms with E-state index in [9.17, 15) is 4.79 Å². The van der Waals surface area contributed by atoms with E-state index in [4.69, 9.17) is 0 Å². The van der Waals surface area contributed by atoms with Crippen molar-refractivity contribution in [3.63, 3.8) is 0 Å². The van der Waals surface area contributed by atoms with Crippen LogP contribution in [0.3, 0.4) is 0 Å². The molecule has 4 aliphatic carbocycles. The Morgan fingerprint density at radius 3 is 2.52 bits per heavy atom. The molecule has 4 aliphatic rings. The molecule has 2 aromatic rings. The van der Waals surface area contributed by atoms with E-state index in [2.05, 4.69) is 40.0 Å². The molecule has 132 valence electrons. The van der Waals surface area contributed by atoms with Gasteiger partial charge in [0.1, 0.15) is 0 Å². The zero-order valence-corrected chi connectivity index (χ0v) is 14.6. The molecule has 0 atom stereocenters. The molecular formula is C21H27N3O. The molecule has 4 heteroatoms. The molecule has 0 aliphatic heterocycles. The second kappa shape index (κ2) is 6.08. The normalized spacial score (nSPS) is 32.9. The van der Waals surface area contributed by atoms with E-state index in [-0.39, 0.29) is 6.03 Å². The number of hydrogen-bond acceptors (Lipinski definition) is 1. The molecule has 0 radical (unpaired) electrons. The molecule has 4 saturated carbocycles. The lowest BCUT2D eigenvalue weighted by atomic mass is 9.54. The van der Waals surface area contributed by atoms with Crippen LogP contribution in [0, 0.1) is 23.7 Å². The van der Waals surface area contributed by atoms with E-state index in [1.165, 1.54) is 43.1 Å². The van der Waals surface area contributed by atoms with Gasteiger partial charge >= 0.3 is 6.03 Å². The third kappa shape index (κ3) is 2.82. The van der Waals surface area contributed by atoms with Gasteiger partial charge in [0.2, 0.25) is 0 Å². The fraction of sp³-hybridized carbons (Fsp3) is 0.571. The molecule has 25 heavy (non-hydrogen) atoms. The smallest absolute Gasteiger partial charge is 0.315 e. The van der Waals surface area contributed by atoms with Gasteiger partial charge < -0.3 is 15.6 Å². The number of fused-ring (bicyclic) bond motifs is 1. The fourth-order valence-corrected chi connectivity index (χ4v) is 6.01. The average molecular weight is 337 g/mol. The maximum absolute atomic E-state index is 12.4. The Kier molecular flexibility index (Phi) is 3.72. The Balaban J connectivity index is 1.15. The van der Waals surface area contributed by atoms with Crippen molar-refractivity contribution < 1.29 is 4.79 Å². The second-order valence-corrected chi connectivity index (χ2v) is 8.47. The van der Waals surface area contributed by atoms with Crippen LogP contribution in [-0.2, 0) is 6.42 Å². The number of carbonyl (C=O) groups is 1. The van der Waals surface area contributed by atoms with Crippen molar-refractivity contribution in [3.8, 4) is 0 Å². The van der Waals surface area contributed by atoms with Crippen molar-refractivity contribution in [1.29, 1.82) is 0 Å². The number of benzene rings is 1. The number of para-hydroxylation sites is 1. The molecule has 4 bridgehead atoms.